The lowest BCUT2D eigenvalue weighted by Gasteiger charge is -2.28. The summed E-state index contributed by atoms with van der Waals surface area (Å²) in [4.78, 5) is 41.1. The molecule has 3 rings (SSSR count). The van der Waals surface area contributed by atoms with E-state index in [1.165, 1.54) is 12.0 Å². The molecule has 0 radical (unpaired) electrons. The van der Waals surface area contributed by atoms with Gasteiger partial charge in [0, 0.05) is 13.0 Å². The van der Waals surface area contributed by atoms with Gasteiger partial charge >= 0.3 is 5.97 Å². The molecule has 6 nitrogen and oxygen atoms in total. The number of thiophene rings is 1. The number of carbonyl (C=O) groups excluding carboxylic acids is 3. The van der Waals surface area contributed by atoms with E-state index in [9.17, 15) is 14.4 Å². The lowest BCUT2D eigenvalue weighted by Crippen LogP contribution is -2.98. The molecule has 2 amide bonds. The third-order valence-electron chi connectivity index (χ3n) is 5.33. The summed E-state index contributed by atoms with van der Waals surface area (Å²) < 4.78 is 5.10. The molecule has 0 aliphatic carbocycles. The van der Waals surface area contributed by atoms with Gasteiger partial charge in [-0.1, -0.05) is 6.07 Å². The predicted molar refractivity (Wildman–Crippen MR) is 96.1 cm³/mol. The summed E-state index contributed by atoms with van der Waals surface area (Å²) in [6.07, 6.45) is 2.47. The Bertz CT molecular complexity index is 678. The number of esters is 1. The average Bonchev–Trinajstić information content (AvgIpc) is 3.30. The van der Waals surface area contributed by atoms with Crippen LogP contribution in [0.5, 0.6) is 0 Å². The van der Waals surface area contributed by atoms with Crippen molar-refractivity contribution in [3.05, 3.63) is 22.4 Å². The van der Waals surface area contributed by atoms with E-state index in [1.807, 2.05) is 29.1 Å². The Kier molecular flexibility index (Phi) is 5.22. The number of quaternary nitrogens is 1. The maximum atomic E-state index is 13.0. The summed E-state index contributed by atoms with van der Waals surface area (Å²) in [7, 11) is 1.35. The molecular weight excluding hydrogens is 360 g/mol. The van der Waals surface area contributed by atoms with E-state index in [2.05, 4.69) is 0 Å². The number of nitrogens with two attached hydrogens (primary N) is 1. The molecule has 2 saturated heterocycles. The number of likely N-dealkylation sites (tertiary alicyclic amines) is 1. The minimum absolute atomic E-state index is 0.165. The van der Waals surface area contributed by atoms with Gasteiger partial charge in [0.05, 0.1) is 12.0 Å². The molecule has 8 heteroatoms. The molecule has 2 fully saturated rings. The van der Waals surface area contributed by atoms with Crippen LogP contribution in [0.3, 0.4) is 0 Å². The number of fused-ring (bicyclic) bond motifs is 1. The van der Waals surface area contributed by atoms with Crippen LogP contribution in [0, 0.1) is 11.8 Å². The summed E-state index contributed by atoms with van der Waals surface area (Å²) in [5.41, 5.74) is -1.03. The number of thioether (sulfide) groups is 1. The fraction of sp³-hybridized carbons (Fsp3) is 0.588. The summed E-state index contributed by atoms with van der Waals surface area (Å²) >= 11 is 3.18. The van der Waals surface area contributed by atoms with Crippen molar-refractivity contribution < 1.29 is 24.4 Å². The van der Waals surface area contributed by atoms with E-state index >= 15 is 0 Å². The van der Waals surface area contributed by atoms with Gasteiger partial charge in [-0.15, -0.1) is 11.3 Å². The smallest absolute Gasteiger partial charge is 0.368 e. The molecular formula is C17H23N2O4S2+. The molecule has 25 heavy (non-hydrogen) atoms. The van der Waals surface area contributed by atoms with Crippen LogP contribution in [0.2, 0.25) is 0 Å². The second-order valence-electron chi connectivity index (χ2n) is 6.41. The molecule has 0 bridgehead atoms. The van der Waals surface area contributed by atoms with Crippen LogP contribution in [-0.4, -0.2) is 53.9 Å². The minimum Gasteiger partial charge on any atom is -0.464 e. The van der Waals surface area contributed by atoms with Crippen molar-refractivity contribution in [1.29, 1.82) is 0 Å². The monoisotopic (exact) mass is 383 g/mol. The highest BCUT2D eigenvalue weighted by Gasteiger charge is 2.72. The predicted octanol–water partition coefficient (Wildman–Crippen LogP) is 0.652. The maximum Gasteiger partial charge on any atom is 0.368 e. The largest absolute Gasteiger partial charge is 0.464 e. The van der Waals surface area contributed by atoms with Crippen molar-refractivity contribution in [2.45, 2.75) is 24.9 Å². The first kappa shape index (κ1) is 18.4. The van der Waals surface area contributed by atoms with Crippen LogP contribution in [0.25, 0.3) is 0 Å². The first-order valence-electron chi connectivity index (χ1n) is 8.33. The van der Waals surface area contributed by atoms with Gasteiger partial charge in [-0.3, -0.25) is 14.5 Å². The van der Waals surface area contributed by atoms with Gasteiger partial charge in [-0.25, -0.2) is 4.79 Å². The number of carbonyl (C=O) groups is 3. The quantitative estimate of drug-likeness (QED) is 0.576. The lowest BCUT2D eigenvalue weighted by molar-refractivity contribution is -0.734. The Morgan fingerprint density at radius 2 is 2.20 bits per heavy atom. The molecule has 0 saturated carbocycles. The van der Waals surface area contributed by atoms with E-state index < -0.39 is 23.3 Å². The van der Waals surface area contributed by atoms with Crippen molar-refractivity contribution in [3.63, 3.8) is 0 Å². The summed E-state index contributed by atoms with van der Waals surface area (Å²) in [6.45, 7) is 2.13. The first-order valence-corrected chi connectivity index (χ1v) is 10.6. The Morgan fingerprint density at radius 3 is 2.76 bits per heavy atom. The van der Waals surface area contributed by atoms with Gasteiger partial charge in [0.25, 0.3) is 0 Å². The van der Waals surface area contributed by atoms with Crippen molar-refractivity contribution >= 4 is 40.9 Å². The van der Waals surface area contributed by atoms with Crippen molar-refractivity contribution in [2.75, 3.05) is 25.7 Å². The van der Waals surface area contributed by atoms with E-state index in [1.54, 1.807) is 30.0 Å². The highest BCUT2D eigenvalue weighted by Crippen LogP contribution is 2.46. The van der Waals surface area contributed by atoms with Gasteiger partial charge in [0.15, 0.2) is 0 Å². The maximum absolute atomic E-state index is 13.0. The number of nitrogens with zero attached hydrogens (tertiary/aromatic N) is 1. The molecule has 4 atom stereocenters. The Hall–Kier alpha value is -1.38. The van der Waals surface area contributed by atoms with E-state index in [0.717, 1.165) is 10.6 Å². The molecule has 2 aliphatic heterocycles. The third kappa shape index (κ3) is 2.71. The van der Waals surface area contributed by atoms with Gasteiger partial charge in [0.1, 0.15) is 17.9 Å². The van der Waals surface area contributed by atoms with Gasteiger partial charge in [-0.05, 0) is 30.4 Å². The summed E-state index contributed by atoms with van der Waals surface area (Å²) in [5, 5.41) is 3.88. The summed E-state index contributed by atoms with van der Waals surface area (Å²) in [5.74, 6) is -1.26. The van der Waals surface area contributed by atoms with Crippen LogP contribution in [0.1, 0.15) is 24.3 Å². The van der Waals surface area contributed by atoms with Gasteiger partial charge in [-0.2, -0.15) is 11.8 Å². The highest BCUT2D eigenvalue weighted by molar-refractivity contribution is 7.98. The van der Waals surface area contributed by atoms with E-state index in [-0.39, 0.29) is 17.9 Å². The fourth-order valence-corrected chi connectivity index (χ4v) is 5.62. The SMILES string of the molecule is CCN1C(=O)[C@H]2[C@@H](C1=O)[C@](CCSC)(C(=O)OC)[NH2+][C@H]2c1cccs1. The van der Waals surface area contributed by atoms with E-state index in [4.69, 9.17) is 4.74 Å². The number of ether oxygens (including phenoxy) is 1. The minimum atomic E-state index is -1.03. The molecule has 0 spiro atoms. The fourth-order valence-electron chi connectivity index (χ4n) is 4.23. The Morgan fingerprint density at radius 1 is 1.44 bits per heavy atom. The Labute approximate surface area is 155 Å². The standard InChI is InChI=1S/C17H22N2O4S2/c1-4-19-14(20)11-12(15(19)21)17(7-9-24-3,16(22)23-2)18-13(11)10-6-5-8-25-10/h5-6,8,11-13,18H,4,7,9H2,1-3H3/p+1/t11-,12-,13-,17+/m0/s1. The Balaban J connectivity index is 2.11. The number of hydrogen-bond donors (Lipinski definition) is 1. The van der Waals surface area contributed by atoms with Crippen LogP contribution in [0.15, 0.2) is 17.5 Å². The molecule has 0 aromatic carbocycles. The average molecular weight is 384 g/mol. The second-order valence-corrected chi connectivity index (χ2v) is 8.37. The van der Waals surface area contributed by atoms with Gasteiger partial charge < -0.3 is 10.1 Å². The number of rotatable bonds is 6. The molecule has 2 N–H and O–H groups in total. The highest BCUT2D eigenvalue weighted by atomic mass is 32.2. The van der Waals surface area contributed by atoms with Crippen molar-refractivity contribution in [1.82, 2.24) is 4.90 Å². The third-order valence-corrected chi connectivity index (χ3v) is 6.92. The van der Waals surface area contributed by atoms with Crippen molar-refractivity contribution in [3.8, 4) is 0 Å². The number of amides is 2. The molecule has 2 aliphatic rings. The van der Waals surface area contributed by atoms with E-state index in [0.29, 0.717) is 13.0 Å². The van der Waals surface area contributed by atoms with Crippen LogP contribution >= 0.6 is 23.1 Å². The zero-order valence-corrected chi connectivity index (χ0v) is 16.2. The topological polar surface area (TPSA) is 80.3 Å². The van der Waals surface area contributed by atoms with Crippen LogP contribution in [-0.2, 0) is 19.1 Å². The summed E-state index contributed by atoms with van der Waals surface area (Å²) in [6, 6.07) is 3.68. The number of methoxy groups -OCH3 is 1. The molecule has 0 unspecified atom stereocenters. The first-order chi connectivity index (χ1) is 12.0. The van der Waals surface area contributed by atoms with Crippen molar-refractivity contribution in [2.24, 2.45) is 11.8 Å². The number of hydrogen-bond acceptors (Lipinski definition) is 6. The van der Waals surface area contributed by atoms with Gasteiger partial charge in [0.2, 0.25) is 17.4 Å². The van der Waals surface area contributed by atoms with Crippen LogP contribution in [0.4, 0.5) is 0 Å². The molecule has 1 aromatic heterocycles. The normalized spacial score (nSPS) is 31.5. The number of imide groups is 1. The lowest BCUT2D eigenvalue weighted by atomic mass is 9.78. The molecule has 136 valence electrons. The van der Waals surface area contributed by atoms with Crippen LogP contribution < -0.4 is 5.32 Å². The molecule has 1 aromatic rings. The molecule has 3 heterocycles. The zero-order chi connectivity index (χ0) is 18.2. The zero-order valence-electron chi connectivity index (χ0n) is 14.6. The second kappa shape index (κ2) is 7.09.